The zero-order valence-electron chi connectivity index (χ0n) is 10.2. The van der Waals surface area contributed by atoms with Crippen LogP contribution in [0.15, 0.2) is 41.8 Å². The van der Waals surface area contributed by atoms with E-state index < -0.39 is 0 Å². The van der Waals surface area contributed by atoms with Crippen molar-refractivity contribution in [2.45, 2.75) is 19.3 Å². The Hall–Kier alpha value is -1.19. The second kappa shape index (κ2) is 6.66. The van der Waals surface area contributed by atoms with Crippen molar-refractivity contribution in [2.75, 3.05) is 6.61 Å². The molecule has 0 spiro atoms. The van der Waals surface area contributed by atoms with Crippen LogP contribution in [0.1, 0.15) is 16.9 Å². The summed E-state index contributed by atoms with van der Waals surface area (Å²) in [6.07, 6.45) is 2.78. The smallest absolute Gasteiger partial charge is 0.123 e. The zero-order chi connectivity index (χ0) is 12.8. The number of aliphatic hydroxyl groups excluding tert-OH is 1. The van der Waals surface area contributed by atoms with Gasteiger partial charge in [-0.05, 0) is 54.3 Å². The predicted molar refractivity (Wildman–Crippen MR) is 73.3 cm³/mol. The van der Waals surface area contributed by atoms with Crippen LogP contribution < -0.4 is 0 Å². The van der Waals surface area contributed by atoms with Gasteiger partial charge >= 0.3 is 0 Å². The second-order valence-corrected chi connectivity index (χ2v) is 5.53. The Morgan fingerprint density at radius 2 is 1.94 bits per heavy atom. The fourth-order valence-electron chi connectivity index (χ4n) is 2.01. The fourth-order valence-corrected chi connectivity index (χ4v) is 2.74. The third-order valence-corrected chi connectivity index (χ3v) is 4.01. The first kappa shape index (κ1) is 13.2. The fraction of sp³-hybridized carbons (Fsp3) is 0.333. The summed E-state index contributed by atoms with van der Waals surface area (Å²) in [6.45, 7) is 0.183. The van der Waals surface area contributed by atoms with Crippen LogP contribution in [-0.2, 0) is 12.8 Å². The second-order valence-electron chi connectivity index (χ2n) is 4.50. The number of halogens is 1. The molecule has 0 saturated carbocycles. The maximum atomic E-state index is 12.8. The molecule has 1 nitrogen and oxygen atoms in total. The van der Waals surface area contributed by atoms with Gasteiger partial charge in [-0.3, -0.25) is 0 Å². The normalized spacial score (nSPS) is 12.6. The van der Waals surface area contributed by atoms with Gasteiger partial charge in [0.05, 0.1) is 0 Å². The molecular weight excluding hydrogens is 247 g/mol. The molecule has 1 atom stereocenters. The Labute approximate surface area is 111 Å². The molecule has 0 radical (unpaired) electrons. The molecule has 0 amide bonds. The van der Waals surface area contributed by atoms with Crippen LogP contribution in [0, 0.1) is 11.7 Å². The van der Waals surface area contributed by atoms with Crippen molar-refractivity contribution in [1.82, 2.24) is 0 Å². The molecule has 0 fully saturated rings. The summed E-state index contributed by atoms with van der Waals surface area (Å²) in [5.41, 5.74) is 1.08. The van der Waals surface area contributed by atoms with Gasteiger partial charge in [0, 0.05) is 11.5 Å². The van der Waals surface area contributed by atoms with Gasteiger partial charge in [-0.15, -0.1) is 11.3 Å². The molecule has 3 heteroatoms. The average molecular weight is 264 g/mol. The number of rotatable bonds is 6. The highest BCUT2D eigenvalue weighted by Gasteiger charge is 2.09. The van der Waals surface area contributed by atoms with Gasteiger partial charge in [0.1, 0.15) is 5.82 Å². The Balaban J connectivity index is 1.87. The lowest BCUT2D eigenvalue weighted by Gasteiger charge is -2.13. The number of aryl methyl sites for hydroxylation is 1. The van der Waals surface area contributed by atoms with Crippen molar-refractivity contribution in [1.29, 1.82) is 0 Å². The first-order valence-electron chi connectivity index (χ1n) is 6.15. The van der Waals surface area contributed by atoms with Crippen LogP contribution in [-0.4, -0.2) is 11.7 Å². The monoisotopic (exact) mass is 264 g/mol. The largest absolute Gasteiger partial charge is 0.396 e. The molecule has 0 aliphatic carbocycles. The molecule has 18 heavy (non-hydrogen) atoms. The van der Waals surface area contributed by atoms with Crippen molar-refractivity contribution in [2.24, 2.45) is 5.92 Å². The Kier molecular flexibility index (Phi) is 4.90. The van der Waals surface area contributed by atoms with Crippen LogP contribution in [0.5, 0.6) is 0 Å². The van der Waals surface area contributed by atoms with Crippen molar-refractivity contribution >= 4 is 11.3 Å². The topological polar surface area (TPSA) is 20.2 Å². The quantitative estimate of drug-likeness (QED) is 0.844. The summed E-state index contributed by atoms with van der Waals surface area (Å²) >= 11 is 1.75. The van der Waals surface area contributed by atoms with Crippen LogP contribution in [0.3, 0.4) is 0 Å². The molecule has 1 heterocycles. The maximum absolute atomic E-state index is 12.8. The van der Waals surface area contributed by atoms with Crippen molar-refractivity contribution in [3.05, 3.63) is 58.0 Å². The van der Waals surface area contributed by atoms with Gasteiger partial charge in [-0.25, -0.2) is 4.39 Å². The molecule has 0 bridgehead atoms. The van der Waals surface area contributed by atoms with Gasteiger partial charge in [-0.1, -0.05) is 18.2 Å². The van der Waals surface area contributed by atoms with E-state index in [-0.39, 0.29) is 18.3 Å². The Bertz CT molecular complexity index is 450. The van der Waals surface area contributed by atoms with Gasteiger partial charge in [0.25, 0.3) is 0 Å². The third kappa shape index (κ3) is 3.93. The standard InChI is InChI=1S/C15H17FOS/c16-14-6-3-12(4-7-14)10-13(11-17)5-8-15-2-1-9-18-15/h1-4,6-7,9,13,17H,5,8,10-11H2. The highest BCUT2D eigenvalue weighted by molar-refractivity contribution is 7.09. The Morgan fingerprint density at radius 3 is 2.56 bits per heavy atom. The van der Waals surface area contributed by atoms with Crippen LogP contribution in [0.4, 0.5) is 4.39 Å². The van der Waals surface area contributed by atoms with Crippen molar-refractivity contribution < 1.29 is 9.50 Å². The van der Waals surface area contributed by atoms with E-state index in [1.807, 2.05) is 6.07 Å². The molecule has 1 N–H and O–H groups in total. The summed E-state index contributed by atoms with van der Waals surface area (Å²) < 4.78 is 12.8. The lowest BCUT2D eigenvalue weighted by atomic mass is 9.95. The first-order chi connectivity index (χ1) is 8.78. The van der Waals surface area contributed by atoms with E-state index in [9.17, 15) is 9.50 Å². The molecule has 1 unspecified atom stereocenters. The molecule has 1 aromatic carbocycles. The van der Waals surface area contributed by atoms with E-state index in [1.165, 1.54) is 17.0 Å². The predicted octanol–water partition coefficient (Wildman–Crippen LogP) is 3.67. The van der Waals surface area contributed by atoms with Crippen molar-refractivity contribution in [3.63, 3.8) is 0 Å². The zero-order valence-corrected chi connectivity index (χ0v) is 11.0. The summed E-state index contributed by atoms with van der Waals surface area (Å²) in [6, 6.07) is 10.7. The number of benzene rings is 1. The van der Waals surface area contributed by atoms with E-state index in [0.717, 1.165) is 24.8 Å². The average Bonchev–Trinajstić information content (AvgIpc) is 2.90. The van der Waals surface area contributed by atoms with E-state index in [4.69, 9.17) is 0 Å². The first-order valence-corrected chi connectivity index (χ1v) is 7.03. The number of thiophene rings is 1. The van der Waals surface area contributed by atoms with Gasteiger partial charge in [0.2, 0.25) is 0 Å². The molecule has 2 aromatic rings. The number of hydrogen-bond donors (Lipinski definition) is 1. The van der Waals surface area contributed by atoms with E-state index in [1.54, 1.807) is 23.5 Å². The number of aliphatic hydroxyl groups is 1. The van der Waals surface area contributed by atoms with Gasteiger partial charge in [0.15, 0.2) is 0 Å². The van der Waals surface area contributed by atoms with E-state index in [2.05, 4.69) is 11.4 Å². The molecule has 1 aromatic heterocycles. The summed E-state index contributed by atoms with van der Waals surface area (Å²) in [5, 5.41) is 11.5. The van der Waals surface area contributed by atoms with Crippen LogP contribution >= 0.6 is 11.3 Å². The third-order valence-electron chi connectivity index (χ3n) is 3.07. The molecule has 2 rings (SSSR count). The van der Waals surface area contributed by atoms with Gasteiger partial charge < -0.3 is 5.11 Å². The summed E-state index contributed by atoms with van der Waals surface area (Å²) in [5.74, 6) is 0.0374. The summed E-state index contributed by atoms with van der Waals surface area (Å²) in [7, 11) is 0. The minimum Gasteiger partial charge on any atom is -0.396 e. The SMILES string of the molecule is OCC(CCc1cccs1)Cc1ccc(F)cc1. The minimum absolute atomic E-state index is 0.183. The summed E-state index contributed by atoms with van der Waals surface area (Å²) in [4.78, 5) is 1.35. The maximum Gasteiger partial charge on any atom is 0.123 e. The van der Waals surface area contributed by atoms with Gasteiger partial charge in [-0.2, -0.15) is 0 Å². The lowest BCUT2D eigenvalue weighted by molar-refractivity contribution is 0.218. The van der Waals surface area contributed by atoms with Crippen LogP contribution in [0.2, 0.25) is 0 Å². The highest BCUT2D eigenvalue weighted by atomic mass is 32.1. The molecule has 0 aliphatic heterocycles. The molecular formula is C15H17FOS. The molecule has 96 valence electrons. The minimum atomic E-state index is -0.210. The van der Waals surface area contributed by atoms with Crippen molar-refractivity contribution in [3.8, 4) is 0 Å². The molecule has 0 saturated heterocycles. The Morgan fingerprint density at radius 1 is 1.17 bits per heavy atom. The molecule has 0 aliphatic rings. The van der Waals surface area contributed by atoms with E-state index >= 15 is 0 Å². The highest BCUT2D eigenvalue weighted by Crippen LogP contribution is 2.18. The lowest BCUT2D eigenvalue weighted by Crippen LogP contribution is -2.10. The van der Waals surface area contributed by atoms with E-state index in [0.29, 0.717) is 0 Å². The number of hydrogen-bond acceptors (Lipinski definition) is 2. The van der Waals surface area contributed by atoms with Crippen LogP contribution in [0.25, 0.3) is 0 Å².